The molecule has 1 aromatic rings. The molecule has 1 saturated heterocycles. The fourth-order valence-electron chi connectivity index (χ4n) is 2.20. The Morgan fingerprint density at radius 1 is 1.29 bits per heavy atom. The SMILES string of the molecule is CNC1CCCN(c2cc(F)cc(F)c2F)C1. The van der Waals surface area contributed by atoms with Gasteiger partial charge in [0, 0.05) is 31.3 Å². The van der Waals surface area contributed by atoms with Crippen LogP contribution in [0.3, 0.4) is 0 Å². The lowest BCUT2D eigenvalue weighted by Crippen LogP contribution is -2.44. The molecule has 0 saturated carbocycles. The lowest BCUT2D eigenvalue weighted by atomic mass is 10.0. The average molecular weight is 244 g/mol. The summed E-state index contributed by atoms with van der Waals surface area (Å²) in [6.45, 7) is 1.19. The molecular weight excluding hydrogens is 229 g/mol. The molecule has 0 bridgehead atoms. The van der Waals surface area contributed by atoms with Gasteiger partial charge in [-0.1, -0.05) is 0 Å². The Balaban J connectivity index is 2.27. The number of benzene rings is 1. The van der Waals surface area contributed by atoms with Crippen molar-refractivity contribution in [3.63, 3.8) is 0 Å². The summed E-state index contributed by atoms with van der Waals surface area (Å²) in [7, 11) is 1.83. The first-order valence-electron chi connectivity index (χ1n) is 5.68. The summed E-state index contributed by atoms with van der Waals surface area (Å²) in [6, 6.07) is 1.85. The maximum atomic E-state index is 13.6. The number of halogens is 3. The summed E-state index contributed by atoms with van der Waals surface area (Å²) < 4.78 is 39.8. The minimum atomic E-state index is -1.13. The first-order chi connectivity index (χ1) is 8.11. The summed E-state index contributed by atoms with van der Waals surface area (Å²) in [5.74, 6) is -2.85. The molecule has 1 unspecified atom stereocenters. The highest BCUT2D eigenvalue weighted by atomic mass is 19.2. The Morgan fingerprint density at radius 3 is 2.76 bits per heavy atom. The molecular formula is C12H15F3N2. The monoisotopic (exact) mass is 244 g/mol. The molecule has 0 radical (unpaired) electrons. The average Bonchev–Trinajstić information content (AvgIpc) is 2.34. The Kier molecular flexibility index (Phi) is 3.57. The third-order valence-electron chi connectivity index (χ3n) is 3.14. The van der Waals surface area contributed by atoms with Gasteiger partial charge >= 0.3 is 0 Å². The van der Waals surface area contributed by atoms with Crippen LogP contribution in [0, 0.1) is 17.5 Å². The first-order valence-corrected chi connectivity index (χ1v) is 5.68. The van der Waals surface area contributed by atoms with Crippen LogP contribution in [0.4, 0.5) is 18.9 Å². The highest BCUT2D eigenvalue weighted by Crippen LogP contribution is 2.26. The minimum absolute atomic E-state index is 0.0162. The Hall–Kier alpha value is -1.23. The molecule has 1 aliphatic heterocycles. The van der Waals surface area contributed by atoms with Gasteiger partial charge in [0.05, 0.1) is 5.69 Å². The van der Waals surface area contributed by atoms with Gasteiger partial charge in [0.1, 0.15) is 5.82 Å². The van der Waals surface area contributed by atoms with E-state index in [9.17, 15) is 13.2 Å². The number of rotatable bonds is 2. The van der Waals surface area contributed by atoms with E-state index in [-0.39, 0.29) is 11.7 Å². The van der Waals surface area contributed by atoms with Crippen molar-refractivity contribution in [2.45, 2.75) is 18.9 Å². The second-order valence-corrected chi connectivity index (χ2v) is 4.29. The normalized spacial score (nSPS) is 20.7. The van der Waals surface area contributed by atoms with Gasteiger partial charge in [-0.05, 0) is 19.9 Å². The number of hydrogen-bond acceptors (Lipinski definition) is 2. The molecule has 0 spiro atoms. The zero-order valence-corrected chi connectivity index (χ0v) is 9.64. The van der Waals surface area contributed by atoms with Crippen LogP contribution in [0.2, 0.25) is 0 Å². The predicted molar refractivity (Wildman–Crippen MR) is 60.6 cm³/mol. The van der Waals surface area contributed by atoms with Gasteiger partial charge in [0.2, 0.25) is 0 Å². The molecule has 1 aromatic carbocycles. The van der Waals surface area contributed by atoms with E-state index in [0.29, 0.717) is 19.2 Å². The summed E-state index contributed by atoms with van der Waals surface area (Å²) in [5, 5.41) is 3.10. The van der Waals surface area contributed by atoms with Gasteiger partial charge in [-0.3, -0.25) is 0 Å². The second kappa shape index (κ2) is 4.96. The highest BCUT2D eigenvalue weighted by Gasteiger charge is 2.23. The molecule has 2 nitrogen and oxygen atoms in total. The van der Waals surface area contributed by atoms with Crippen molar-refractivity contribution in [1.82, 2.24) is 5.32 Å². The Labute approximate surface area is 98.4 Å². The van der Waals surface area contributed by atoms with Gasteiger partial charge in [0.25, 0.3) is 0 Å². The predicted octanol–water partition coefficient (Wildman–Crippen LogP) is 2.29. The molecule has 1 atom stereocenters. The van der Waals surface area contributed by atoms with Gasteiger partial charge < -0.3 is 10.2 Å². The van der Waals surface area contributed by atoms with Crippen molar-refractivity contribution >= 4 is 5.69 Å². The quantitative estimate of drug-likeness (QED) is 0.803. The van der Waals surface area contributed by atoms with Gasteiger partial charge in [-0.25, -0.2) is 13.2 Å². The van der Waals surface area contributed by atoms with Gasteiger partial charge in [0.15, 0.2) is 11.6 Å². The van der Waals surface area contributed by atoms with Crippen molar-refractivity contribution in [3.05, 3.63) is 29.6 Å². The molecule has 1 aliphatic rings. The van der Waals surface area contributed by atoms with Crippen LogP contribution in [0.5, 0.6) is 0 Å². The molecule has 17 heavy (non-hydrogen) atoms. The first kappa shape index (κ1) is 12.2. The number of nitrogens with one attached hydrogen (secondary N) is 1. The van der Waals surface area contributed by atoms with E-state index in [4.69, 9.17) is 0 Å². The number of anilines is 1. The van der Waals surface area contributed by atoms with Crippen LogP contribution in [0.15, 0.2) is 12.1 Å². The fourth-order valence-corrected chi connectivity index (χ4v) is 2.20. The van der Waals surface area contributed by atoms with Crippen LogP contribution < -0.4 is 10.2 Å². The molecule has 5 heteroatoms. The molecule has 0 aliphatic carbocycles. The molecule has 1 fully saturated rings. The van der Waals surface area contributed by atoms with Crippen LogP contribution in [0.1, 0.15) is 12.8 Å². The molecule has 1 heterocycles. The number of likely N-dealkylation sites (N-methyl/N-ethyl adjacent to an activating group) is 1. The van der Waals surface area contributed by atoms with Crippen LogP contribution >= 0.6 is 0 Å². The van der Waals surface area contributed by atoms with E-state index >= 15 is 0 Å². The third kappa shape index (κ3) is 2.54. The third-order valence-corrected chi connectivity index (χ3v) is 3.14. The largest absolute Gasteiger partial charge is 0.367 e. The maximum Gasteiger partial charge on any atom is 0.182 e. The molecule has 94 valence electrons. The Morgan fingerprint density at radius 2 is 2.06 bits per heavy atom. The molecule has 0 amide bonds. The van der Waals surface area contributed by atoms with Crippen molar-refractivity contribution in [3.8, 4) is 0 Å². The van der Waals surface area contributed by atoms with E-state index < -0.39 is 17.5 Å². The fraction of sp³-hybridized carbons (Fsp3) is 0.500. The second-order valence-electron chi connectivity index (χ2n) is 4.29. The number of hydrogen-bond donors (Lipinski definition) is 1. The maximum absolute atomic E-state index is 13.6. The van der Waals surface area contributed by atoms with Crippen molar-refractivity contribution in [2.24, 2.45) is 0 Å². The molecule has 0 aromatic heterocycles. The smallest absolute Gasteiger partial charge is 0.182 e. The van der Waals surface area contributed by atoms with Crippen LogP contribution in [0.25, 0.3) is 0 Å². The summed E-state index contributed by atoms with van der Waals surface area (Å²) in [4.78, 5) is 1.69. The summed E-state index contributed by atoms with van der Waals surface area (Å²) in [5.41, 5.74) is 0.0162. The molecule has 2 rings (SSSR count). The van der Waals surface area contributed by atoms with Crippen molar-refractivity contribution in [2.75, 3.05) is 25.0 Å². The van der Waals surface area contributed by atoms with Crippen LogP contribution in [-0.4, -0.2) is 26.2 Å². The lowest BCUT2D eigenvalue weighted by Gasteiger charge is -2.34. The number of piperidine rings is 1. The highest BCUT2D eigenvalue weighted by molar-refractivity contribution is 5.49. The van der Waals surface area contributed by atoms with E-state index in [2.05, 4.69) is 5.32 Å². The van der Waals surface area contributed by atoms with Gasteiger partial charge in [-0.15, -0.1) is 0 Å². The lowest BCUT2D eigenvalue weighted by molar-refractivity contribution is 0.437. The topological polar surface area (TPSA) is 15.3 Å². The minimum Gasteiger partial charge on any atom is -0.367 e. The van der Waals surface area contributed by atoms with Gasteiger partial charge in [-0.2, -0.15) is 0 Å². The number of nitrogens with zero attached hydrogens (tertiary/aromatic N) is 1. The van der Waals surface area contributed by atoms with E-state index in [0.717, 1.165) is 18.9 Å². The van der Waals surface area contributed by atoms with Crippen molar-refractivity contribution < 1.29 is 13.2 Å². The van der Waals surface area contributed by atoms with E-state index in [1.165, 1.54) is 0 Å². The Bertz CT molecular complexity index is 409. The zero-order chi connectivity index (χ0) is 12.4. The summed E-state index contributed by atoms with van der Waals surface area (Å²) >= 11 is 0. The summed E-state index contributed by atoms with van der Waals surface area (Å²) in [6.07, 6.45) is 1.87. The van der Waals surface area contributed by atoms with Crippen molar-refractivity contribution in [1.29, 1.82) is 0 Å². The van der Waals surface area contributed by atoms with E-state index in [1.54, 1.807) is 4.90 Å². The zero-order valence-electron chi connectivity index (χ0n) is 9.64. The molecule has 1 N–H and O–H groups in total. The van der Waals surface area contributed by atoms with Crippen LogP contribution in [-0.2, 0) is 0 Å². The standard InChI is InChI=1S/C12H15F3N2/c1-16-9-3-2-4-17(7-9)11-6-8(13)5-10(14)12(11)15/h5-6,9,16H,2-4,7H2,1H3. The van der Waals surface area contributed by atoms with E-state index in [1.807, 2.05) is 7.05 Å².